The molecular weight excluding hydrogens is 268 g/mol. The summed E-state index contributed by atoms with van der Waals surface area (Å²) in [5.41, 5.74) is 0. The fourth-order valence-corrected chi connectivity index (χ4v) is 3.62. The molecule has 1 heterocycles. The summed E-state index contributed by atoms with van der Waals surface area (Å²) >= 11 is 0. The lowest BCUT2D eigenvalue weighted by Crippen LogP contribution is -2.34. The van der Waals surface area contributed by atoms with Gasteiger partial charge in [-0.3, -0.25) is 0 Å². The molecule has 0 radical (unpaired) electrons. The maximum Gasteiger partial charge on any atom is 0.0603 e. The van der Waals surface area contributed by atoms with Crippen molar-refractivity contribution in [3.8, 4) is 0 Å². The summed E-state index contributed by atoms with van der Waals surface area (Å²) in [5, 5.41) is 0. The molecule has 0 aromatic carbocycles. The lowest BCUT2D eigenvalue weighted by molar-refractivity contribution is -0.117. The van der Waals surface area contributed by atoms with E-state index >= 15 is 0 Å². The molecule has 1 aliphatic heterocycles. The van der Waals surface area contributed by atoms with Crippen molar-refractivity contribution in [1.82, 2.24) is 0 Å². The van der Waals surface area contributed by atoms with Crippen LogP contribution in [0.1, 0.15) is 123 Å². The molecule has 0 aromatic heterocycles. The maximum absolute atomic E-state index is 5.66. The fourth-order valence-electron chi connectivity index (χ4n) is 3.62. The predicted molar refractivity (Wildman–Crippen MR) is 98.5 cm³/mol. The Morgan fingerprint density at radius 1 is 0.636 bits per heavy atom. The Hall–Kier alpha value is -0.0400. The minimum atomic E-state index is 0.543. The van der Waals surface area contributed by atoms with Crippen LogP contribution in [-0.2, 0) is 4.74 Å². The van der Waals surface area contributed by atoms with E-state index in [4.69, 9.17) is 4.74 Å². The van der Waals surface area contributed by atoms with Crippen molar-refractivity contribution in [3.05, 3.63) is 0 Å². The second kappa shape index (κ2) is 14.5. The third-order valence-electron chi connectivity index (χ3n) is 5.15. The van der Waals surface area contributed by atoms with Crippen molar-refractivity contribution in [1.29, 1.82) is 0 Å². The van der Waals surface area contributed by atoms with Gasteiger partial charge in [0.2, 0.25) is 0 Å². The fraction of sp³-hybridized carbons (Fsp3) is 1.00. The first kappa shape index (κ1) is 20.0. The highest BCUT2D eigenvalue weighted by molar-refractivity contribution is 4.73. The van der Waals surface area contributed by atoms with Gasteiger partial charge in [-0.1, -0.05) is 103 Å². The SMILES string of the molecule is CCCCCCCCCCCCCCCCCC1CC(C)O1. The minimum Gasteiger partial charge on any atom is -0.375 e. The van der Waals surface area contributed by atoms with Gasteiger partial charge in [0.15, 0.2) is 0 Å². The highest BCUT2D eigenvalue weighted by Gasteiger charge is 2.24. The minimum absolute atomic E-state index is 0.543. The van der Waals surface area contributed by atoms with Gasteiger partial charge >= 0.3 is 0 Å². The van der Waals surface area contributed by atoms with E-state index in [2.05, 4.69) is 13.8 Å². The van der Waals surface area contributed by atoms with Gasteiger partial charge < -0.3 is 4.74 Å². The summed E-state index contributed by atoms with van der Waals surface area (Å²) in [4.78, 5) is 0. The number of ether oxygens (including phenoxy) is 1. The molecule has 0 saturated carbocycles. The molecule has 1 heteroatoms. The van der Waals surface area contributed by atoms with Crippen LogP contribution in [0.2, 0.25) is 0 Å². The topological polar surface area (TPSA) is 9.23 Å². The van der Waals surface area contributed by atoms with E-state index in [0.29, 0.717) is 12.2 Å². The monoisotopic (exact) mass is 310 g/mol. The Morgan fingerprint density at radius 2 is 1.00 bits per heavy atom. The smallest absolute Gasteiger partial charge is 0.0603 e. The van der Waals surface area contributed by atoms with E-state index in [1.54, 1.807) is 0 Å². The molecule has 1 aliphatic rings. The van der Waals surface area contributed by atoms with Crippen LogP contribution in [-0.4, -0.2) is 12.2 Å². The zero-order valence-electron chi connectivity index (χ0n) is 15.6. The highest BCUT2D eigenvalue weighted by Crippen LogP contribution is 2.24. The zero-order chi connectivity index (χ0) is 15.9. The van der Waals surface area contributed by atoms with E-state index in [1.165, 1.54) is 109 Å². The Labute approximate surface area is 140 Å². The van der Waals surface area contributed by atoms with E-state index in [-0.39, 0.29) is 0 Å². The lowest BCUT2D eigenvalue weighted by atomic mass is 9.99. The summed E-state index contributed by atoms with van der Waals surface area (Å²) in [7, 11) is 0. The Balaban J connectivity index is 1.63. The van der Waals surface area contributed by atoms with Crippen LogP contribution in [0.25, 0.3) is 0 Å². The third kappa shape index (κ3) is 11.5. The van der Waals surface area contributed by atoms with Gasteiger partial charge in [0.1, 0.15) is 0 Å². The first-order valence-electron chi connectivity index (χ1n) is 10.5. The van der Waals surface area contributed by atoms with Crippen LogP contribution >= 0.6 is 0 Å². The second-order valence-electron chi connectivity index (χ2n) is 7.54. The molecule has 0 bridgehead atoms. The first-order valence-corrected chi connectivity index (χ1v) is 10.5. The molecule has 0 aromatic rings. The number of unbranched alkanes of at least 4 members (excludes halogenated alkanes) is 14. The van der Waals surface area contributed by atoms with Gasteiger partial charge in [-0.05, 0) is 19.8 Å². The van der Waals surface area contributed by atoms with Gasteiger partial charge in [0, 0.05) is 0 Å². The average molecular weight is 311 g/mol. The average Bonchev–Trinajstić information content (AvgIpc) is 2.49. The van der Waals surface area contributed by atoms with Crippen LogP contribution in [0.3, 0.4) is 0 Å². The van der Waals surface area contributed by atoms with E-state index < -0.39 is 0 Å². The molecule has 1 saturated heterocycles. The molecule has 1 rings (SSSR count). The first-order chi connectivity index (χ1) is 10.8. The van der Waals surface area contributed by atoms with E-state index in [9.17, 15) is 0 Å². The van der Waals surface area contributed by atoms with Crippen molar-refractivity contribution in [2.75, 3.05) is 0 Å². The zero-order valence-corrected chi connectivity index (χ0v) is 15.6. The lowest BCUT2D eigenvalue weighted by Gasteiger charge is -2.33. The number of hydrogen-bond acceptors (Lipinski definition) is 1. The molecule has 2 atom stereocenters. The van der Waals surface area contributed by atoms with Crippen LogP contribution in [0.4, 0.5) is 0 Å². The molecule has 1 nitrogen and oxygen atoms in total. The molecule has 0 spiro atoms. The predicted octanol–water partition coefficient (Wildman–Crippen LogP) is 7.43. The Kier molecular flexibility index (Phi) is 13.2. The molecule has 0 amide bonds. The van der Waals surface area contributed by atoms with Crippen molar-refractivity contribution >= 4 is 0 Å². The van der Waals surface area contributed by atoms with Crippen molar-refractivity contribution < 1.29 is 4.74 Å². The molecule has 0 aliphatic carbocycles. The number of rotatable bonds is 16. The summed E-state index contributed by atoms with van der Waals surface area (Å²) in [6, 6.07) is 0. The van der Waals surface area contributed by atoms with Crippen molar-refractivity contribution in [2.24, 2.45) is 0 Å². The van der Waals surface area contributed by atoms with Gasteiger partial charge in [0.05, 0.1) is 12.2 Å². The summed E-state index contributed by atoms with van der Waals surface area (Å²) < 4.78 is 5.66. The summed E-state index contributed by atoms with van der Waals surface area (Å²) in [6.45, 7) is 4.48. The number of hydrogen-bond donors (Lipinski definition) is 0. The Morgan fingerprint density at radius 3 is 1.36 bits per heavy atom. The molecule has 2 unspecified atom stereocenters. The van der Waals surface area contributed by atoms with Gasteiger partial charge in [-0.25, -0.2) is 0 Å². The standard InChI is InChI=1S/C21H42O/c1-3-4-5-6-7-8-9-10-11-12-13-14-15-16-17-18-21-19-20(2)22-21/h20-21H,3-19H2,1-2H3. The van der Waals surface area contributed by atoms with E-state index in [0.717, 1.165) is 0 Å². The van der Waals surface area contributed by atoms with Crippen LogP contribution in [0.5, 0.6) is 0 Å². The third-order valence-corrected chi connectivity index (χ3v) is 5.15. The molecule has 22 heavy (non-hydrogen) atoms. The van der Waals surface area contributed by atoms with Gasteiger partial charge in [0.25, 0.3) is 0 Å². The van der Waals surface area contributed by atoms with Crippen LogP contribution < -0.4 is 0 Å². The normalized spacial score (nSPS) is 21.0. The molecule has 132 valence electrons. The quantitative estimate of drug-likeness (QED) is 0.269. The molecular formula is C21H42O. The van der Waals surface area contributed by atoms with E-state index in [1.807, 2.05) is 0 Å². The van der Waals surface area contributed by atoms with Crippen molar-refractivity contribution in [2.45, 2.75) is 135 Å². The van der Waals surface area contributed by atoms with Gasteiger partial charge in [-0.15, -0.1) is 0 Å². The molecule has 0 N–H and O–H groups in total. The van der Waals surface area contributed by atoms with Crippen LogP contribution in [0.15, 0.2) is 0 Å². The maximum atomic E-state index is 5.66. The van der Waals surface area contributed by atoms with Gasteiger partial charge in [-0.2, -0.15) is 0 Å². The summed E-state index contributed by atoms with van der Waals surface area (Å²) in [5.74, 6) is 0. The van der Waals surface area contributed by atoms with Crippen molar-refractivity contribution in [3.63, 3.8) is 0 Å². The second-order valence-corrected chi connectivity index (χ2v) is 7.54. The largest absolute Gasteiger partial charge is 0.375 e. The highest BCUT2D eigenvalue weighted by atomic mass is 16.5. The van der Waals surface area contributed by atoms with Crippen LogP contribution in [0, 0.1) is 0 Å². The molecule has 1 fully saturated rings. The summed E-state index contributed by atoms with van der Waals surface area (Å²) in [6.07, 6.45) is 25.5. The Bertz CT molecular complexity index is 220.